The molecule has 0 saturated carbocycles. The summed E-state index contributed by atoms with van der Waals surface area (Å²) in [6.07, 6.45) is 1.20. The molecule has 0 amide bonds. The minimum Gasteiger partial charge on any atom is -0.308 e. The van der Waals surface area contributed by atoms with Gasteiger partial charge in [-0.05, 0) is 43.3 Å². The van der Waals surface area contributed by atoms with Crippen LogP contribution in [0.5, 0.6) is 0 Å². The molecule has 0 aliphatic carbocycles. The fraction of sp³-hybridized carbons (Fsp3) is 0.0769. The number of Topliss-reactive ketones (excluding diaryl/α,β-unsaturated/α-hetero) is 1. The normalized spacial score (nSPS) is 11.0. The molecule has 110 valence electrons. The van der Waals surface area contributed by atoms with Crippen LogP contribution in [-0.2, 0) is 10.0 Å². The number of nitrogens with zero attached hydrogens (tertiary/aromatic N) is 1. The van der Waals surface area contributed by atoms with Crippen molar-refractivity contribution >= 4 is 27.3 Å². The van der Waals surface area contributed by atoms with Gasteiger partial charge in [-0.25, -0.2) is 19.2 Å². The second kappa shape index (κ2) is 5.90. The molecule has 0 fully saturated rings. The van der Waals surface area contributed by atoms with Crippen LogP contribution in [0.25, 0.3) is 0 Å². The van der Waals surface area contributed by atoms with Crippen LogP contribution in [0.3, 0.4) is 0 Å². The van der Waals surface area contributed by atoms with Crippen molar-refractivity contribution in [1.29, 1.82) is 0 Å². The highest BCUT2D eigenvalue weighted by molar-refractivity contribution is 7.92. The largest absolute Gasteiger partial charge is 0.308 e. The number of sulfonamides is 1. The molecular weight excluding hydrogens is 292 g/mol. The zero-order valence-corrected chi connectivity index (χ0v) is 12.0. The van der Waals surface area contributed by atoms with Crippen LogP contribution in [0.2, 0.25) is 0 Å². The number of ketones is 1. The number of nitrogens with two attached hydrogens (primary N) is 1. The Morgan fingerprint density at radius 1 is 1.14 bits per heavy atom. The smallest absolute Gasteiger partial charge is 0.263 e. The number of carbonyl (C=O) groups is 1. The van der Waals surface area contributed by atoms with Crippen molar-refractivity contribution < 1.29 is 13.2 Å². The van der Waals surface area contributed by atoms with Gasteiger partial charge in [0.05, 0.1) is 0 Å². The summed E-state index contributed by atoms with van der Waals surface area (Å²) in [5, 5.41) is 0. The summed E-state index contributed by atoms with van der Waals surface area (Å²) in [5.74, 6) is 5.44. The summed E-state index contributed by atoms with van der Waals surface area (Å²) in [5.41, 5.74) is 3.19. The van der Waals surface area contributed by atoms with Crippen molar-refractivity contribution in [1.82, 2.24) is 4.98 Å². The highest BCUT2D eigenvalue weighted by atomic mass is 32.2. The number of pyridine rings is 1. The molecule has 0 aliphatic rings. The first-order valence-corrected chi connectivity index (χ1v) is 7.47. The molecule has 0 aliphatic heterocycles. The first-order chi connectivity index (χ1) is 9.92. The maximum Gasteiger partial charge on any atom is 0.263 e. The van der Waals surface area contributed by atoms with Crippen LogP contribution in [0.4, 0.5) is 11.5 Å². The number of nitrogen functional groups attached to an aromatic ring is 1. The van der Waals surface area contributed by atoms with Gasteiger partial charge in [-0.2, -0.15) is 0 Å². The number of carbonyl (C=O) groups excluding carboxylic acids is 1. The van der Waals surface area contributed by atoms with E-state index in [9.17, 15) is 13.2 Å². The Bertz CT molecular complexity index is 740. The van der Waals surface area contributed by atoms with Crippen molar-refractivity contribution in [2.45, 2.75) is 11.8 Å². The third-order valence-corrected chi connectivity index (χ3v) is 4.10. The molecule has 8 heteroatoms. The van der Waals surface area contributed by atoms with E-state index in [1.807, 2.05) is 0 Å². The Hall–Kier alpha value is -2.45. The van der Waals surface area contributed by atoms with Gasteiger partial charge in [-0.3, -0.25) is 9.52 Å². The molecule has 0 bridgehead atoms. The van der Waals surface area contributed by atoms with Crippen LogP contribution in [-0.4, -0.2) is 19.2 Å². The first kappa shape index (κ1) is 14.9. The Labute approximate surface area is 122 Å². The number of hydrogen-bond acceptors (Lipinski definition) is 6. The number of aromatic nitrogens is 1. The number of hydrogen-bond donors (Lipinski definition) is 3. The van der Waals surface area contributed by atoms with E-state index in [2.05, 4.69) is 15.1 Å². The third-order valence-electron chi connectivity index (χ3n) is 2.74. The average Bonchev–Trinajstić information content (AvgIpc) is 2.47. The van der Waals surface area contributed by atoms with Crippen LogP contribution >= 0.6 is 0 Å². The van der Waals surface area contributed by atoms with E-state index in [-0.39, 0.29) is 10.7 Å². The Kier molecular flexibility index (Phi) is 4.20. The zero-order chi connectivity index (χ0) is 15.5. The van der Waals surface area contributed by atoms with Crippen LogP contribution < -0.4 is 16.0 Å². The average molecular weight is 306 g/mol. The van der Waals surface area contributed by atoms with Gasteiger partial charge in [0.25, 0.3) is 10.0 Å². The van der Waals surface area contributed by atoms with Gasteiger partial charge in [-0.15, -0.1) is 0 Å². The van der Waals surface area contributed by atoms with Gasteiger partial charge in [0.1, 0.15) is 10.7 Å². The minimum absolute atomic E-state index is 0.0112. The molecule has 2 aromatic rings. The second-order valence-electron chi connectivity index (χ2n) is 4.26. The summed E-state index contributed by atoms with van der Waals surface area (Å²) in [6, 6.07) is 9.00. The van der Waals surface area contributed by atoms with E-state index in [1.165, 1.54) is 37.4 Å². The van der Waals surface area contributed by atoms with E-state index < -0.39 is 10.0 Å². The molecule has 4 N–H and O–H groups in total. The van der Waals surface area contributed by atoms with E-state index >= 15 is 0 Å². The fourth-order valence-corrected chi connectivity index (χ4v) is 2.61. The van der Waals surface area contributed by atoms with E-state index in [0.717, 1.165) is 0 Å². The topological polar surface area (TPSA) is 114 Å². The Morgan fingerprint density at radius 2 is 1.81 bits per heavy atom. The van der Waals surface area contributed by atoms with Crippen molar-refractivity contribution in [3.63, 3.8) is 0 Å². The van der Waals surface area contributed by atoms with Crippen molar-refractivity contribution in [3.8, 4) is 0 Å². The lowest BCUT2D eigenvalue weighted by Crippen LogP contribution is -2.14. The fourth-order valence-electron chi connectivity index (χ4n) is 1.61. The summed E-state index contributed by atoms with van der Waals surface area (Å²) in [4.78, 5) is 15.0. The van der Waals surface area contributed by atoms with Crippen LogP contribution in [0.1, 0.15) is 17.3 Å². The summed E-state index contributed by atoms with van der Waals surface area (Å²) >= 11 is 0. The van der Waals surface area contributed by atoms with E-state index in [1.54, 1.807) is 12.1 Å². The summed E-state index contributed by atoms with van der Waals surface area (Å²) in [7, 11) is -3.74. The van der Waals surface area contributed by atoms with Gasteiger partial charge in [0, 0.05) is 17.4 Å². The Morgan fingerprint density at radius 3 is 2.29 bits per heavy atom. The number of hydrazine groups is 1. The molecule has 21 heavy (non-hydrogen) atoms. The highest BCUT2D eigenvalue weighted by Crippen LogP contribution is 2.17. The van der Waals surface area contributed by atoms with Crippen LogP contribution in [0, 0.1) is 0 Å². The quantitative estimate of drug-likeness (QED) is 0.437. The van der Waals surface area contributed by atoms with Gasteiger partial charge >= 0.3 is 0 Å². The number of rotatable bonds is 5. The number of benzene rings is 1. The van der Waals surface area contributed by atoms with E-state index in [4.69, 9.17) is 5.84 Å². The lowest BCUT2D eigenvalue weighted by atomic mass is 10.1. The molecule has 1 heterocycles. The standard InChI is InChI=1S/C13H14N4O3S/c1-9(18)10-2-4-11(5-3-10)17-21(19,20)12-6-7-13(16-14)15-8-12/h2-8,17H,14H2,1H3,(H,15,16). The zero-order valence-electron chi connectivity index (χ0n) is 11.2. The predicted molar refractivity (Wildman–Crippen MR) is 79.3 cm³/mol. The number of nitrogens with one attached hydrogen (secondary N) is 2. The first-order valence-electron chi connectivity index (χ1n) is 5.99. The molecular formula is C13H14N4O3S. The molecule has 2 rings (SSSR count). The van der Waals surface area contributed by atoms with Crippen molar-refractivity contribution in [2.24, 2.45) is 5.84 Å². The minimum atomic E-state index is -3.74. The SMILES string of the molecule is CC(=O)c1ccc(NS(=O)(=O)c2ccc(NN)nc2)cc1. The van der Waals surface area contributed by atoms with Gasteiger partial charge < -0.3 is 5.43 Å². The van der Waals surface area contributed by atoms with Gasteiger partial charge in [-0.1, -0.05) is 0 Å². The number of anilines is 2. The maximum atomic E-state index is 12.2. The van der Waals surface area contributed by atoms with Crippen molar-refractivity contribution in [2.75, 3.05) is 10.1 Å². The summed E-state index contributed by atoms with van der Waals surface area (Å²) in [6.45, 7) is 1.44. The Balaban J connectivity index is 2.21. The molecule has 0 unspecified atom stereocenters. The molecule has 1 aromatic carbocycles. The monoisotopic (exact) mass is 306 g/mol. The maximum absolute atomic E-state index is 12.2. The van der Waals surface area contributed by atoms with Gasteiger partial charge in [0.2, 0.25) is 0 Å². The highest BCUT2D eigenvalue weighted by Gasteiger charge is 2.14. The second-order valence-corrected chi connectivity index (χ2v) is 5.94. The molecule has 1 aromatic heterocycles. The lowest BCUT2D eigenvalue weighted by molar-refractivity contribution is 0.101. The predicted octanol–water partition coefficient (Wildman–Crippen LogP) is 1.37. The van der Waals surface area contributed by atoms with Crippen molar-refractivity contribution in [3.05, 3.63) is 48.2 Å². The summed E-state index contributed by atoms with van der Waals surface area (Å²) < 4.78 is 26.7. The lowest BCUT2D eigenvalue weighted by Gasteiger charge is -2.08. The third kappa shape index (κ3) is 3.56. The molecule has 0 radical (unpaired) electrons. The van der Waals surface area contributed by atoms with E-state index in [0.29, 0.717) is 17.1 Å². The van der Waals surface area contributed by atoms with Gasteiger partial charge in [0.15, 0.2) is 5.78 Å². The molecule has 0 saturated heterocycles. The molecule has 7 nitrogen and oxygen atoms in total. The molecule has 0 atom stereocenters. The molecule has 0 spiro atoms. The van der Waals surface area contributed by atoms with Crippen LogP contribution in [0.15, 0.2) is 47.5 Å².